The Balaban J connectivity index is 2.14. The molecule has 1 aliphatic heterocycles. The van der Waals surface area contributed by atoms with E-state index < -0.39 is 40.6 Å². The molecule has 1 aliphatic rings. The fourth-order valence-electron chi connectivity index (χ4n) is 3.36. The maximum atomic E-state index is 13.9. The molecule has 0 saturated heterocycles. The average molecular weight is 407 g/mol. The van der Waals surface area contributed by atoms with E-state index in [9.17, 15) is 17.9 Å². The molecule has 0 radical (unpaired) electrons. The Kier molecular flexibility index (Phi) is 5.85. The Hall–Kier alpha value is -2.65. The first kappa shape index (κ1) is 20.1. The Labute approximate surface area is 161 Å². The number of para-hydroxylation sites is 1. The lowest BCUT2D eigenvalue weighted by atomic mass is 9.83. The predicted octanol–water partition coefficient (Wildman–Crippen LogP) is 3.79. The van der Waals surface area contributed by atoms with E-state index in [0.717, 1.165) is 6.26 Å². The zero-order valence-electron chi connectivity index (χ0n) is 14.9. The van der Waals surface area contributed by atoms with Crippen molar-refractivity contribution in [3.8, 4) is 11.5 Å². The summed E-state index contributed by atoms with van der Waals surface area (Å²) < 4.78 is 47.8. The lowest BCUT2D eigenvalue weighted by Gasteiger charge is -2.26. The molecule has 1 heterocycles. The third kappa shape index (κ3) is 4.42. The van der Waals surface area contributed by atoms with E-state index in [-0.39, 0.29) is 6.42 Å². The number of ether oxygens (including phenoxy) is 1. The van der Waals surface area contributed by atoms with E-state index in [2.05, 4.69) is 10.0 Å². The van der Waals surface area contributed by atoms with Gasteiger partial charge in [-0.25, -0.2) is 4.39 Å². The number of nitrogens with zero attached hydrogens (tertiary/aromatic N) is 3. The standard InChI is InChI=1S/C18H18FN3O5S/c1-28(24,25)27-12(10-23)9-14-13-4-2-3-5-16(13)26-17-7-6-11(19)8-15(17)18(14)21-22-20/h2-8,12,14,18,23H,9-10H2,1H3/t12-,14+,18-/m0/s1. The number of azide groups is 1. The summed E-state index contributed by atoms with van der Waals surface area (Å²) in [5.41, 5.74) is 10.1. The Bertz CT molecular complexity index is 1020. The van der Waals surface area contributed by atoms with Gasteiger partial charge in [0.25, 0.3) is 10.1 Å². The SMILES string of the molecule is CS(=O)(=O)O[C@H](CO)C[C@@H]1c2ccccc2Oc2ccc(F)cc2[C@H]1N=[N+]=[N-]. The largest absolute Gasteiger partial charge is 0.457 e. The molecule has 148 valence electrons. The van der Waals surface area contributed by atoms with Crippen LogP contribution in [0, 0.1) is 5.82 Å². The van der Waals surface area contributed by atoms with Gasteiger partial charge in [0, 0.05) is 16.4 Å². The molecule has 3 atom stereocenters. The Morgan fingerprint density at radius 3 is 2.68 bits per heavy atom. The highest BCUT2D eigenvalue weighted by Gasteiger charge is 2.35. The topological polar surface area (TPSA) is 122 Å². The van der Waals surface area contributed by atoms with Crippen molar-refractivity contribution >= 4 is 10.1 Å². The molecular formula is C18H18FN3O5S. The summed E-state index contributed by atoms with van der Waals surface area (Å²) in [5.74, 6) is -0.351. The summed E-state index contributed by atoms with van der Waals surface area (Å²) in [7, 11) is -3.82. The number of rotatable bonds is 6. The second kappa shape index (κ2) is 8.15. The van der Waals surface area contributed by atoms with Crippen LogP contribution >= 0.6 is 0 Å². The highest BCUT2D eigenvalue weighted by molar-refractivity contribution is 7.86. The summed E-state index contributed by atoms with van der Waals surface area (Å²) in [4.78, 5) is 2.89. The van der Waals surface area contributed by atoms with Crippen LogP contribution in [0.4, 0.5) is 4.39 Å². The number of halogens is 1. The van der Waals surface area contributed by atoms with Gasteiger partial charge in [-0.1, -0.05) is 23.3 Å². The van der Waals surface area contributed by atoms with Crippen LogP contribution in [0.2, 0.25) is 0 Å². The molecule has 0 aliphatic carbocycles. The molecule has 0 saturated carbocycles. The first-order chi connectivity index (χ1) is 13.3. The molecule has 0 unspecified atom stereocenters. The maximum absolute atomic E-state index is 13.9. The van der Waals surface area contributed by atoms with Gasteiger partial charge in [-0.2, -0.15) is 8.42 Å². The van der Waals surface area contributed by atoms with Crippen LogP contribution in [0.3, 0.4) is 0 Å². The van der Waals surface area contributed by atoms with Gasteiger partial charge in [-0.15, -0.1) is 0 Å². The molecule has 10 heteroatoms. The number of aliphatic hydroxyl groups is 1. The molecule has 0 spiro atoms. The van der Waals surface area contributed by atoms with Crippen molar-refractivity contribution in [1.82, 2.24) is 0 Å². The minimum Gasteiger partial charge on any atom is -0.457 e. The van der Waals surface area contributed by atoms with Crippen LogP contribution in [0.5, 0.6) is 11.5 Å². The number of aliphatic hydroxyl groups excluding tert-OH is 1. The van der Waals surface area contributed by atoms with Crippen LogP contribution in [-0.2, 0) is 14.3 Å². The van der Waals surface area contributed by atoms with Crippen molar-refractivity contribution in [3.63, 3.8) is 0 Å². The van der Waals surface area contributed by atoms with Gasteiger partial charge in [-0.3, -0.25) is 4.18 Å². The Morgan fingerprint density at radius 2 is 2.00 bits per heavy atom. The summed E-state index contributed by atoms with van der Waals surface area (Å²) in [6, 6.07) is 9.97. The van der Waals surface area contributed by atoms with E-state index in [1.54, 1.807) is 24.3 Å². The monoisotopic (exact) mass is 407 g/mol. The Morgan fingerprint density at radius 1 is 1.29 bits per heavy atom. The van der Waals surface area contributed by atoms with E-state index in [0.29, 0.717) is 22.6 Å². The molecule has 3 rings (SSSR count). The number of benzene rings is 2. The third-order valence-electron chi connectivity index (χ3n) is 4.42. The zero-order valence-corrected chi connectivity index (χ0v) is 15.7. The fourth-order valence-corrected chi connectivity index (χ4v) is 3.99. The molecule has 8 nitrogen and oxygen atoms in total. The quantitative estimate of drug-likeness (QED) is 0.338. The summed E-state index contributed by atoms with van der Waals surface area (Å²) >= 11 is 0. The second-order valence-electron chi connectivity index (χ2n) is 6.42. The van der Waals surface area contributed by atoms with Gasteiger partial charge in [0.15, 0.2) is 0 Å². The second-order valence-corrected chi connectivity index (χ2v) is 8.02. The molecular weight excluding hydrogens is 389 g/mol. The van der Waals surface area contributed by atoms with Crippen molar-refractivity contribution in [2.75, 3.05) is 12.9 Å². The molecule has 0 amide bonds. The average Bonchev–Trinajstić information content (AvgIpc) is 2.76. The highest BCUT2D eigenvalue weighted by atomic mass is 32.2. The fraction of sp³-hybridized carbons (Fsp3) is 0.333. The first-order valence-corrected chi connectivity index (χ1v) is 10.2. The molecule has 2 aromatic carbocycles. The minimum absolute atomic E-state index is 0.00355. The first-order valence-electron chi connectivity index (χ1n) is 8.42. The number of fused-ring (bicyclic) bond motifs is 2. The molecule has 2 aromatic rings. The van der Waals surface area contributed by atoms with Crippen molar-refractivity contribution in [2.24, 2.45) is 5.11 Å². The van der Waals surface area contributed by atoms with E-state index >= 15 is 0 Å². The van der Waals surface area contributed by atoms with Crippen molar-refractivity contribution in [1.29, 1.82) is 0 Å². The van der Waals surface area contributed by atoms with Crippen molar-refractivity contribution in [3.05, 3.63) is 69.9 Å². The third-order valence-corrected chi connectivity index (χ3v) is 5.04. The van der Waals surface area contributed by atoms with Gasteiger partial charge < -0.3 is 9.84 Å². The molecule has 28 heavy (non-hydrogen) atoms. The van der Waals surface area contributed by atoms with Crippen molar-refractivity contribution in [2.45, 2.75) is 24.5 Å². The van der Waals surface area contributed by atoms with Gasteiger partial charge in [0.05, 0.1) is 18.9 Å². The summed E-state index contributed by atoms with van der Waals surface area (Å²) in [6.45, 7) is -0.564. The number of hydrogen-bond acceptors (Lipinski definition) is 6. The lowest BCUT2D eigenvalue weighted by molar-refractivity contribution is 0.106. The van der Waals surface area contributed by atoms with E-state index in [1.165, 1.54) is 18.2 Å². The lowest BCUT2D eigenvalue weighted by Crippen LogP contribution is -2.25. The molecule has 0 fully saturated rings. The molecule has 0 bridgehead atoms. The van der Waals surface area contributed by atoms with Gasteiger partial charge in [0.2, 0.25) is 0 Å². The van der Waals surface area contributed by atoms with Crippen LogP contribution in [-0.4, -0.2) is 32.5 Å². The van der Waals surface area contributed by atoms with Gasteiger partial charge >= 0.3 is 0 Å². The van der Waals surface area contributed by atoms with Crippen LogP contribution < -0.4 is 4.74 Å². The molecule has 0 aromatic heterocycles. The smallest absolute Gasteiger partial charge is 0.264 e. The predicted molar refractivity (Wildman–Crippen MR) is 99.0 cm³/mol. The van der Waals surface area contributed by atoms with Gasteiger partial charge in [0.1, 0.15) is 23.4 Å². The van der Waals surface area contributed by atoms with Crippen LogP contribution in [0.25, 0.3) is 10.4 Å². The normalized spacial score (nSPS) is 19.4. The van der Waals surface area contributed by atoms with Crippen LogP contribution in [0.15, 0.2) is 47.6 Å². The number of hydrogen-bond donors (Lipinski definition) is 1. The van der Waals surface area contributed by atoms with Gasteiger partial charge in [-0.05, 0) is 41.8 Å². The zero-order chi connectivity index (χ0) is 20.3. The van der Waals surface area contributed by atoms with E-state index in [4.69, 9.17) is 14.5 Å². The summed E-state index contributed by atoms with van der Waals surface area (Å²) in [6.07, 6.45) is -0.182. The highest BCUT2D eigenvalue weighted by Crippen LogP contribution is 2.49. The molecule has 1 N–H and O–H groups in total. The van der Waals surface area contributed by atoms with Crippen molar-refractivity contribution < 1.29 is 26.8 Å². The summed E-state index contributed by atoms with van der Waals surface area (Å²) in [5, 5.41) is 13.4. The minimum atomic E-state index is -3.82. The van der Waals surface area contributed by atoms with Crippen LogP contribution in [0.1, 0.15) is 29.5 Å². The van der Waals surface area contributed by atoms with E-state index in [1.807, 2.05) is 0 Å². The maximum Gasteiger partial charge on any atom is 0.264 e.